The molecule has 200 valence electrons. The number of ether oxygens (including phenoxy) is 1. The smallest absolute Gasteiger partial charge is 0.272 e. The lowest BCUT2D eigenvalue weighted by Crippen LogP contribution is -2.27. The number of hydrogen-bond donors (Lipinski definition) is 2. The third kappa shape index (κ3) is 4.46. The quantitative estimate of drug-likeness (QED) is 0.283. The van der Waals surface area contributed by atoms with Crippen molar-refractivity contribution in [3.05, 3.63) is 89.0 Å². The maximum Gasteiger partial charge on any atom is 0.272 e. The van der Waals surface area contributed by atoms with Gasteiger partial charge in [0.2, 0.25) is 5.91 Å². The highest BCUT2D eigenvalue weighted by Crippen LogP contribution is 2.43. The van der Waals surface area contributed by atoms with Crippen LogP contribution < -0.4 is 10.9 Å². The van der Waals surface area contributed by atoms with E-state index in [1.165, 1.54) is 5.56 Å². The van der Waals surface area contributed by atoms with Gasteiger partial charge in [-0.3, -0.25) is 9.59 Å². The van der Waals surface area contributed by atoms with Gasteiger partial charge in [-0.1, -0.05) is 50.2 Å². The molecular formula is C32H34N4O3. The number of aryl methyl sites for hydroxylation is 1. The summed E-state index contributed by atoms with van der Waals surface area (Å²) in [6.07, 6.45) is 5.67. The first-order valence-electron chi connectivity index (χ1n) is 13.7. The lowest BCUT2D eigenvalue weighted by molar-refractivity contribution is -0.118. The van der Waals surface area contributed by atoms with E-state index < -0.39 is 0 Å². The molecular weight excluding hydrogens is 488 g/mol. The normalized spacial score (nSPS) is 15.3. The number of pyridine rings is 1. The number of anilines is 1. The molecule has 7 nitrogen and oxygen atoms in total. The zero-order valence-corrected chi connectivity index (χ0v) is 22.6. The number of aromatic amines is 1. The summed E-state index contributed by atoms with van der Waals surface area (Å²) in [7, 11) is 1.91. The Hall–Kier alpha value is -4.10. The summed E-state index contributed by atoms with van der Waals surface area (Å²) in [6.45, 7) is 5.27. The SMILES string of the molecule is CC(C)C(=O)Nc1cccc2c1cc(-c1cn(C)c3c(=O)[nH]ccc13)n2[C@H](c1ccccc1)C1CCOCC1. The van der Waals surface area contributed by atoms with Gasteiger partial charge in [0.1, 0.15) is 5.52 Å². The van der Waals surface area contributed by atoms with E-state index in [-0.39, 0.29) is 23.4 Å². The molecule has 0 saturated carbocycles. The van der Waals surface area contributed by atoms with Crippen molar-refractivity contribution in [2.75, 3.05) is 18.5 Å². The lowest BCUT2D eigenvalue weighted by Gasteiger charge is -2.34. The van der Waals surface area contributed by atoms with E-state index in [0.29, 0.717) is 11.4 Å². The highest BCUT2D eigenvalue weighted by Gasteiger charge is 2.31. The van der Waals surface area contributed by atoms with Crippen molar-refractivity contribution in [2.24, 2.45) is 18.9 Å². The van der Waals surface area contributed by atoms with Gasteiger partial charge < -0.3 is 24.2 Å². The summed E-state index contributed by atoms with van der Waals surface area (Å²) < 4.78 is 10.1. The number of hydrogen-bond acceptors (Lipinski definition) is 3. The first-order valence-corrected chi connectivity index (χ1v) is 13.7. The second kappa shape index (κ2) is 10.2. The number of H-pyrrole nitrogens is 1. The van der Waals surface area contributed by atoms with Gasteiger partial charge in [-0.05, 0) is 48.6 Å². The molecule has 1 fully saturated rings. The molecule has 0 unspecified atom stereocenters. The van der Waals surface area contributed by atoms with E-state index in [1.54, 1.807) is 6.20 Å². The van der Waals surface area contributed by atoms with Crippen LogP contribution in [0.15, 0.2) is 77.9 Å². The maximum absolute atomic E-state index is 12.8. The Morgan fingerprint density at radius 3 is 2.54 bits per heavy atom. The maximum atomic E-state index is 12.8. The molecule has 1 aliphatic rings. The molecule has 39 heavy (non-hydrogen) atoms. The second-order valence-corrected chi connectivity index (χ2v) is 10.8. The average molecular weight is 523 g/mol. The fourth-order valence-electron chi connectivity index (χ4n) is 6.03. The molecule has 2 N–H and O–H groups in total. The summed E-state index contributed by atoms with van der Waals surface area (Å²) in [5.41, 5.74) is 5.61. The summed E-state index contributed by atoms with van der Waals surface area (Å²) in [5.74, 6) is 0.214. The van der Waals surface area contributed by atoms with Gasteiger partial charge in [-0.2, -0.15) is 0 Å². The molecule has 1 saturated heterocycles. The molecule has 0 aliphatic carbocycles. The molecule has 0 bridgehead atoms. The third-order valence-electron chi connectivity index (χ3n) is 7.97. The Bertz CT molecular complexity index is 1700. The van der Waals surface area contributed by atoms with Crippen molar-refractivity contribution < 1.29 is 9.53 Å². The Balaban J connectivity index is 1.67. The largest absolute Gasteiger partial charge is 0.381 e. The zero-order valence-electron chi connectivity index (χ0n) is 22.6. The monoisotopic (exact) mass is 522 g/mol. The topological polar surface area (TPSA) is 81.0 Å². The molecule has 5 aromatic rings. The standard InChI is InChI=1S/C32H34N4O3/c1-20(2)31(37)34-26-10-7-11-27-24(26)18-28(25-19-35(3)30-23(25)12-15-33-32(30)38)36(27)29(21-8-5-4-6-9-21)22-13-16-39-17-14-22/h4-12,15,18-20,22,29H,13-14,16-17H2,1-3H3,(H,33,38)(H,34,37)/t29-/m1/s1. The Kier molecular flexibility index (Phi) is 6.61. The lowest BCUT2D eigenvalue weighted by atomic mass is 9.86. The number of rotatable bonds is 6. The number of nitrogens with one attached hydrogen (secondary N) is 2. The van der Waals surface area contributed by atoms with Gasteiger partial charge in [-0.25, -0.2) is 0 Å². The van der Waals surface area contributed by atoms with Crippen molar-refractivity contribution >= 4 is 33.4 Å². The van der Waals surface area contributed by atoms with E-state index in [1.807, 2.05) is 49.9 Å². The average Bonchev–Trinajstić information content (AvgIpc) is 3.49. The van der Waals surface area contributed by atoms with Gasteiger partial charge in [0.25, 0.3) is 5.56 Å². The predicted octanol–water partition coefficient (Wildman–Crippen LogP) is 6.10. The molecule has 1 aliphatic heterocycles. The number of benzene rings is 2. The van der Waals surface area contributed by atoms with Crippen LogP contribution in [0.2, 0.25) is 0 Å². The van der Waals surface area contributed by atoms with Crippen LogP contribution in [-0.4, -0.2) is 33.2 Å². The number of nitrogens with zero attached hydrogens (tertiary/aromatic N) is 2. The van der Waals surface area contributed by atoms with E-state index in [2.05, 4.69) is 57.3 Å². The zero-order chi connectivity index (χ0) is 27.1. The molecule has 1 amide bonds. The van der Waals surface area contributed by atoms with Crippen LogP contribution in [-0.2, 0) is 16.6 Å². The van der Waals surface area contributed by atoms with Crippen molar-refractivity contribution in [3.8, 4) is 11.3 Å². The van der Waals surface area contributed by atoms with Gasteiger partial charge in [0.05, 0.1) is 22.9 Å². The second-order valence-electron chi connectivity index (χ2n) is 10.8. The fourth-order valence-corrected chi connectivity index (χ4v) is 6.03. The van der Waals surface area contributed by atoms with Gasteiger partial charge in [0.15, 0.2) is 0 Å². The molecule has 4 heterocycles. The van der Waals surface area contributed by atoms with E-state index >= 15 is 0 Å². The van der Waals surface area contributed by atoms with Crippen LogP contribution in [0.25, 0.3) is 33.1 Å². The van der Waals surface area contributed by atoms with Crippen LogP contribution in [0.1, 0.15) is 38.3 Å². The van der Waals surface area contributed by atoms with E-state index in [9.17, 15) is 9.59 Å². The van der Waals surface area contributed by atoms with Crippen molar-refractivity contribution in [3.63, 3.8) is 0 Å². The minimum atomic E-state index is -0.133. The summed E-state index contributed by atoms with van der Waals surface area (Å²) in [5, 5.41) is 5.04. The number of amides is 1. The highest BCUT2D eigenvalue weighted by molar-refractivity contribution is 6.06. The Morgan fingerprint density at radius 2 is 1.79 bits per heavy atom. The van der Waals surface area contributed by atoms with Crippen molar-refractivity contribution in [1.29, 1.82) is 0 Å². The molecule has 7 heteroatoms. The molecule has 2 aromatic carbocycles. The van der Waals surface area contributed by atoms with E-state index in [4.69, 9.17) is 4.74 Å². The number of carbonyl (C=O) groups excluding carboxylic acids is 1. The van der Waals surface area contributed by atoms with Crippen LogP contribution in [0.3, 0.4) is 0 Å². The highest BCUT2D eigenvalue weighted by atomic mass is 16.5. The molecule has 3 aromatic heterocycles. The first kappa shape index (κ1) is 25.2. The molecule has 0 radical (unpaired) electrons. The van der Waals surface area contributed by atoms with Gasteiger partial charge >= 0.3 is 0 Å². The summed E-state index contributed by atoms with van der Waals surface area (Å²) in [6, 6.07) is 21.0. The van der Waals surface area contributed by atoms with Gasteiger partial charge in [-0.15, -0.1) is 0 Å². The van der Waals surface area contributed by atoms with Crippen LogP contribution in [0.5, 0.6) is 0 Å². The molecule has 1 atom stereocenters. The van der Waals surface area contributed by atoms with Gasteiger partial charge in [0, 0.05) is 54.9 Å². The first-order chi connectivity index (χ1) is 18.9. The van der Waals surface area contributed by atoms with Crippen LogP contribution >= 0.6 is 0 Å². The number of aromatic nitrogens is 3. The summed E-state index contributed by atoms with van der Waals surface area (Å²) in [4.78, 5) is 28.4. The minimum Gasteiger partial charge on any atom is -0.381 e. The van der Waals surface area contributed by atoms with Crippen LogP contribution in [0.4, 0.5) is 5.69 Å². The third-order valence-corrected chi connectivity index (χ3v) is 7.97. The Labute approximate surface area is 227 Å². The predicted molar refractivity (Wildman–Crippen MR) is 156 cm³/mol. The Morgan fingerprint density at radius 1 is 1.03 bits per heavy atom. The molecule has 6 rings (SSSR count). The van der Waals surface area contributed by atoms with Crippen molar-refractivity contribution in [2.45, 2.75) is 32.7 Å². The van der Waals surface area contributed by atoms with Crippen molar-refractivity contribution in [1.82, 2.24) is 14.1 Å². The number of carbonyl (C=O) groups is 1. The number of fused-ring (bicyclic) bond motifs is 2. The summed E-state index contributed by atoms with van der Waals surface area (Å²) >= 11 is 0. The van der Waals surface area contributed by atoms with Crippen LogP contribution in [0, 0.1) is 11.8 Å². The van der Waals surface area contributed by atoms with E-state index in [0.717, 1.165) is 59.3 Å². The fraction of sp³-hybridized carbons (Fsp3) is 0.312. The molecule has 0 spiro atoms. The minimum absolute atomic E-state index is 0.0162.